The van der Waals surface area contributed by atoms with Gasteiger partial charge in [0.25, 0.3) is 5.91 Å². The topological polar surface area (TPSA) is 87.3 Å². The average Bonchev–Trinajstić information content (AvgIpc) is 2.55. The van der Waals surface area contributed by atoms with Gasteiger partial charge in [-0.1, -0.05) is 12.1 Å². The van der Waals surface area contributed by atoms with Crippen LogP contribution in [0.15, 0.2) is 41.8 Å². The second-order valence-electron chi connectivity index (χ2n) is 5.63. The molecule has 0 spiro atoms. The molecule has 8 heteroatoms. The molecule has 1 heterocycles. The molecule has 24 heavy (non-hydrogen) atoms. The van der Waals surface area contributed by atoms with Gasteiger partial charge in [0.15, 0.2) is 0 Å². The minimum atomic E-state index is -3.64. The highest BCUT2D eigenvalue weighted by atomic mass is 35.5. The maximum Gasteiger partial charge on any atom is 0.251 e. The molecule has 0 bridgehead atoms. The zero-order valence-electron chi connectivity index (χ0n) is 13.6. The van der Waals surface area contributed by atoms with Crippen molar-refractivity contribution in [1.82, 2.24) is 15.4 Å². The molecule has 1 fully saturated rings. The van der Waals surface area contributed by atoms with Gasteiger partial charge in [-0.05, 0) is 44.5 Å². The molecule has 1 aromatic rings. The molecule has 1 saturated heterocycles. The van der Waals surface area contributed by atoms with Gasteiger partial charge >= 0.3 is 0 Å². The summed E-state index contributed by atoms with van der Waals surface area (Å²) in [6, 6.07) is 6.29. The first-order valence-corrected chi connectivity index (χ1v) is 9.17. The number of sulfonamides is 1. The van der Waals surface area contributed by atoms with Crippen LogP contribution in [-0.2, 0) is 10.0 Å². The summed E-state index contributed by atoms with van der Waals surface area (Å²) in [6.45, 7) is 6.61. The van der Waals surface area contributed by atoms with E-state index in [4.69, 9.17) is 0 Å². The Bertz CT molecular complexity index is 679. The molecular formula is C16H24ClN3O3S. The molecule has 0 aromatic heterocycles. The van der Waals surface area contributed by atoms with Crippen LogP contribution in [0, 0.1) is 0 Å². The highest BCUT2D eigenvalue weighted by molar-refractivity contribution is 7.89. The summed E-state index contributed by atoms with van der Waals surface area (Å²) >= 11 is 0. The van der Waals surface area contributed by atoms with Crippen molar-refractivity contribution in [2.75, 3.05) is 13.1 Å². The van der Waals surface area contributed by atoms with Gasteiger partial charge in [0.05, 0.1) is 4.90 Å². The van der Waals surface area contributed by atoms with E-state index >= 15 is 0 Å². The summed E-state index contributed by atoms with van der Waals surface area (Å²) in [4.78, 5) is 12.5. The van der Waals surface area contributed by atoms with Crippen molar-refractivity contribution in [3.63, 3.8) is 0 Å². The predicted octanol–water partition coefficient (Wildman–Crippen LogP) is 1.44. The van der Waals surface area contributed by atoms with Crippen LogP contribution in [0.5, 0.6) is 0 Å². The summed E-state index contributed by atoms with van der Waals surface area (Å²) in [5.74, 6) is -0.258. The van der Waals surface area contributed by atoms with E-state index in [2.05, 4.69) is 21.9 Å². The van der Waals surface area contributed by atoms with E-state index in [-0.39, 0.29) is 41.8 Å². The molecule has 1 aromatic carbocycles. The Kier molecular flexibility index (Phi) is 7.89. The molecule has 0 radical (unpaired) electrons. The first-order valence-electron chi connectivity index (χ1n) is 7.69. The van der Waals surface area contributed by atoms with Gasteiger partial charge in [0.1, 0.15) is 0 Å². The van der Waals surface area contributed by atoms with Crippen molar-refractivity contribution in [3.8, 4) is 0 Å². The lowest BCUT2D eigenvalue weighted by atomic mass is 9.99. The number of carbonyl (C=O) groups excluding carboxylic acids is 1. The maximum atomic E-state index is 12.4. The lowest BCUT2D eigenvalue weighted by molar-refractivity contribution is 0.0919. The molecule has 134 valence electrons. The number of piperidine rings is 1. The Labute approximate surface area is 149 Å². The summed E-state index contributed by atoms with van der Waals surface area (Å²) in [5, 5.41) is 6.29. The predicted molar refractivity (Wildman–Crippen MR) is 97.0 cm³/mol. The third kappa shape index (κ3) is 5.31. The van der Waals surface area contributed by atoms with Gasteiger partial charge in [-0.15, -0.1) is 19.0 Å². The number of amides is 1. The van der Waals surface area contributed by atoms with Crippen molar-refractivity contribution in [1.29, 1.82) is 0 Å². The van der Waals surface area contributed by atoms with Crippen molar-refractivity contribution in [2.24, 2.45) is 0 Å². The average molecular weight is 374 g/mol. The zero-order chi connectivity index (χ0) is 16.9. The van der Waals surface area contributed by atoms with Gasteiger partial charge in [-0.2, -0.15) is 0 Å². The van der Waals surface area contributed by atoms with E-state index in [1.807, 2.05) is 6.92 Å². The van der Waals surface area contributed by atoms with Gasteiger partial charge in [0.2, 0.25) is 10.0 Å². The van der Waals surface area contributed by atoms with E-state index in [1.54, 1.807) is 12.1 Å². The Morgan fingerprint density at radius 1 is 1.46 bits per heavy atom. The number of hydrogen-bond acceptors (Lipinski definition) is 4. The fraction of sp³-hybridized carbons (Fsp3) is 0.438. The molecule has 2 unspecified atom stereocenters. The van der Waals surface area contributed by atoms with E-state index in [0.29, 0.717) is 5.56 Å². The van der Waals surface area contributed by atoms with Crippen LogP contribution in [-0.4, -0.2) is 39.5 Å². The lowest BCUT2D eigenvalue weighted by Gasteiger charge is -2.30. The normalized spacial score (nSPS) is 20.7. The zero-order valence-corrected chi connectivity index (χ0v) is 15.3. The largest absolute Gasteiger partial charge is 0.348 e. The van der Waals surface area contributed by atoms with E-state index in [1.165, 1.54) is 18.2 Å². The van der Waals surface area contributed by atoms with Crippen LogP contribution >= 0.6 is 12.4 Å². The maximum absolute atomic E-state index is 12.4. The van der Waals surface area contributed by atoms with E-state index in [9.17, 15) is 13.2 Å². The quantitative estimate of drug-likeness (QED) is 0.658. The molecule has 0 aliphatic carbocycles. The number of halogens is 1. The molecule has 1 aliphatic heterocycles. The number of rotatable bonds is 6. The fourth-order valence-corrected chi connectivity index (χ4v) is 3.59. The van der Waals surface area contributed by atoms with Gasteiger partial charge in [0, 0.05) is 24.2 Å². The van der Waals surface area contributed by atoms with Crippen LogP contribution in [0.3, 0.4) is 0 Å². The highest BCUT2D eigenvalue weighted by Crippen LogP contribution is 2.13. The van der Waals surface area contributed by atoms with Crippen molar-refractivity contribution < 1.29 is 13.2 Å². The number of carbonyl (C=O) groups is 1. The van der Waals surface area contributed by atoms with E-state index in [0.717, 1.165) is 19.4 Å². The van der Waals surface area contributed by atoms with Crippen LogP contribution in [0.1, 0.15) is 30.1 Å². The second-order valence-corrected chi connectivity index (χ2v) is 7.40. The Morgan fingerprint density at radius 3 is 2.88 bits per heavy atom. The third-order valence-corrected chi connectivity index (χ3v) is 5.32. The first kappa shape index (κ1) is 20.6. The number of nitrogens with one attached hydrogen (secondary N) is 3. The Hall–Kier alpha value is -1.41. The number of hydrogen-bond donors (Lipinski definition) is 3. The molecule has 2 rings (SSSR count). The molecule has 2 atom stereocenters. The molecular weight excluding hydrogens is 350 g/mol. The standard InChI is InChI=1S/C16H23N3O3S.ClH/c1-3-9-18-23(21,22)14-7-4-6-13(11-14)16(20)19-15-8-5-10-17-12(15)2;/h3-4,6-7,11-12,15,17-18H,1,5,8-10H2,2H3,(H,19,20);1H. The third-order valence-electron chi connectivity index (χ3n) is 3.90. The van der Waals surface area contributed by atoms with Crippen LogP contribution < -0.4 is 15.4 Å². The SMILES string of the molecule is C=CCNS(=O)(=O)c1cccc(C(=O)NC2CCCNC2C)c1.Cl. The van der Waals surface area contributed by atoms with Crippen LogP contribution in [0.2, 0.25) is 0 Å². The second kappa shape index (κ2) is 9.17. The monoisotopic (exact) mass is 373 g/mol. The van der Waals surface area contributed by atoms with Crippen molar-refractivity contribution in [3.05, 3.63) is 42.5 Å². The fourth-order valence-electron chi connectivity index (χ4n) is 2.55. The highest BCUT2D eigenvalue weighted by Gasteiger charge is 2.23. The first-order chi connectivity index (χ1) is 10.9. The van der Waals surface area contributed by atoms with Crippen LogP contribution in [0.4, 0.5) is 0 Å². The summed E-state index contributed by atoms with van der Waals surface area (Å²) in [5.41, 5.74) is 0.337. The molecule has 3 N–H and O–H groups in total. The summed E-state index contributed by atoms with van der Waals surface area (Å²) < 4.78 is 26.6. The molecule has 1 aliphatic rings. The van der Waals surface area contributed by atoms with E-state index < -0.39 is 10.0 Å². The molecule has 1 amide bonds. The summed E-state index contributed by atoms with van der Waals surface area (Å²) in [6.07, 6.45) is 3.39. The van der Waals surface area contributed by atoms with Crippen molar-refractivity contribution in [2.45, 2.75) is 36.7 Å². The summed E-state index contributed by atoms with van der Waals surface area (Å²) in [7, 11) is -3.64. The smallest absolute Gasteiger partial charge is 0.251 e. The number of benzene rings is 1. The minimum Gasteiger partial charge on any atom is -0.348 e. The van der Waals surface area contributed by atoms with Gasteiger partial charge in [-0.25, -0.2) is 13.1 Å². The lowest BCUT2D eigenvalue weighted by Crippen LogP contribution is -2.51. The molecule has 0 saturated carbocycles. The Balaban J connectivity index is 0.00000288. The molecule has 6 nitrogen and oxygen atoms in total. The minimum absolute atomic E-state index is 0. The van der Waals surface area contributed by atoms with Crippen LogP contribution in [0.25, 0.3) is 0 Å². The van der Waals surface area contributed by atoms with Crippen molar-refractivity contribution >= 4 is 28.3 Å². The van der Waals surface area contributed by atoms with Gasteiger partial charge in [-0.3, -0.25) is 4.79 Å². The Morgan fingerprint density at radius 2 is 2.21 bits per heavy atom. The van der Waals surface area contributed by atoms with Gasteiger partial charge < -0.3 is 10.6 Å².